The molecule has 2 aromatic rings. The van der Waals surface area contributed by atoms with E-state index in [1.54, 1.807) is 18.3 Å². The first-order valence-corrected chi connectivity index (χ1v) is 10.9. The molecule has 2 heterocycles. The first-order chi connectivity index (χ1) is 15.2. The highest BCUT2D eigenvalue weighted by Crippen LogP contribution is 2.43. The van der Waals surface area contributed by atoms with Gasteiger partial charge < -0.3 is 13.9 Å². The van der Waals surface area contributed by atoms with E-state index in [0.29, 0.717) is 47.4 Å². The zero-order valence-electron chi connectivity index (χ0n) is 17.4. The molecule has 2 atom stereocenters. The van der Waals surface area contributed by atoms with Crippen LogP contribution in [0.1, 0.15) is 50.4 Å². The Morgan fingerprint density at radius 1 is 1.32 bits per heavy atom. The molecule has 0 bridgehead atoms. The first kappa shape index (κ1) is 21.8. The highest BCUT2D eigenvalue weighted by molar-refractivity contribution is 6.34. The van der Waals surface area contributed by atoms with Crippen LogP contribution < -0.4 is 10.2 Å². The molecule has 0 spiro atoms. The highest BCUT2D eigenvalue weighted by atomic mass is 35.5. The number of ether oxygens (including phenoxy) is 2. The predicted molar refractivity (Wildman–Crippen MR) is 114 cm³/mol. The number of aliphatic imine (C=N–C) groups is 1. The van der Waals surface area contributed by atoms with E-state index in [1.807, 2.05) is 13.0 Å². The lowest BCUT2D eigenvalue weighted by Crippen LogP contribution is -2.46. The van der Waals surface area contributed by atoms with Crippen molar-refractivity contribution >= 4 is 23.7 Å². The van der Waals surface area contributed by atoms with E-state index in [-0.39, 0.29) is 5.92 Å². The Labute approximate surface area is 185 Å². The van der Waals surface area contributed by atoms with Gasteiger partial charge in [0.1, 0.15) is 5.75 Å². The summed E-state index contributed by atoms with van der Waals surface area (Å²) < 4.78 is 18.3. The van der Waals surface area contributed by atoms with Gasteiger partial charge in [-0.3, -0.25) is 4.79 Å². The van der Waals surface area contributed by atoms with Crippen LogP contribution in [0.3, 0.4) is 0 Å². The molecule has 1 aliphatic heterocycles. The number of benzene rings is 1. The van der Waals surface area contributed by atoms with Gasteiger partial charge in [0.2, 0.25) is 6.23 Å². The lowest BCUT2D eigenvalue weighted by molar-refractivity contribution is -0.118. The molecule has 8 nitrogen and oxygen atoms in total. The van der Waals surface area contributed by atoms with Crippen LogP contribution in [0.2, 0.25) is 5.02 Å². The minimum absolute atomic E-state index is 0.224. The number of hydrogen-bond donors (Lipinski definition) is 1. The molecule has 0 radical (unpaired) electrons. The fourth-order valence-electron chi connectivity index (χ4n) is 4.24. The van der Waals surface area contributed by atoms with E-state index in [9.17, 15) is 4.79 Å². The van der Waals surface area contributed by atoms with Crippen LogP contribution in [-0.2, 0) is 20.0 Å². The molecule has 31 heavy (non-hydrogen) atoms. The van der Waals surface area contributed by atoms with E-state index in [4.69, 9.17) is 30.3 Å². The fourth-order valence-corrected chi connectivity index (χ4v) is 4.50. The van der Waals surface area contributed by atoms with Gasteiger partial charge in [-0.15, -0.1) is 0 Å². The van der Waals surface area contributed by atoms with Crippen LogP contribution in [0, 0.1) is 5.92 Å². The van der Waals surface area contributed by atoms with Crippen molar-refractivity contribution in [1.29, 1.82) is 0 Å². The van der Waals surface area contributed by atoms with E-state index in [1.165, 1.54) is 12.8 Å². The molecule has 4 rings (SSSR count). The number of rotatable bonds is 9. The molecule has 9 heteroatoms. The monoisotopic (exact) mass is 447 g/mol. The minimum atomic E-state index is -0.876. The number of aromatic nitrogens is 1. The first-order valence-electron chi connectivity index (χ1n) is 10.6. The van der Waals surface area contributed by atoms with Gasteiger partial charge in [0.25, 0.3) is 0 Å². The Kier molecular flexibility index (Phi) is 6.89. The second-order valence-corrected chi connectivity index (χ2v) is 8.10. The number of oxazole rings is 1. The Morgan fingerprint density at radius 3 is 2.81 bits per heavy atom. The van der Waals surface area contributed by atoms with Crippen LogP contribution in [0.5, 0.6) is 5.75 Å². The summed E-state index contributed by atoms with van der Waals surface area (Å²) in [5.74, 6) is 1.86. The summed E-state index contributed by atoms with van der Waals surface area (Å²) in [6.45, 7) is 2.88. The number of aldehydes is 1. The van der Waals surface area contributed by atoms with Gasteiger partial charge in [-0.2, -0.15) is 0 Å². The summed E-state index contributed by atoms with van der Waals surface area (Å²) in [7, 11) is 0. The molecule has 1 N–H and O–H groups in total. The molecule has 0 amide bonds. The van der Waals surface area contributed by atoms with Crippen LogP contribution in [0.15, 0.2) is 40.2 Å². The smallest absolute Gasteiger partial charge is 0.232 e. The number of nitrogens with one attached hydrogen (secondary N) is 1. The van der Waals surface area contributed by atoms with Gasteiger partial charge in [0.05, 0.1) is 17.8 Å². The van der Waals surface area contributed by atoms with Crippen molar-refractivity contribution in [2.45, 2.75) is 50.9 Å². The van der Waals surface area contributed by atoms with E-state index in [0.717, 1.165) is 25.7 Å². The van der Waals surface area contributed by atoms with Gasteiger partial charge >= 0.3 is 0 Å². The SMILES string of the molecule is CCOCC(Oc1ccc(C2=NC(C=O)ON2)c(Cl)c1)(c1cnco1)C1CCCCC1. The molecule has 1 aliphatic carbocycles. The summed E-state index contributed by atoms with van der Waals surface area (Å²) in [5.41, 5.74) is 2.45. The number of hydrogen-bond acceptors (Lipinski definition) is 8. The summed E-state index contributed by atoms with van der Waals surface area (Å²) in [4.78, 5) is 24.2. The number of hydroxylamine groups is 1. The lowest BCUT2D eigenvalue weighted by Gasteiger charge is -2.40. The second-order valence-electron chi connectivity index (χ2n) is 7.70. The van der Waals surface area contributed by atoms with Crippen molar-refractivity contribution < 1.29 is 23.5 Å². The van der Waals surface area contributed by atoms with Crippen molar-refractivity contribution in [2.75, 3.05) is 13.2 Å². The van der Waals surface area contributed by atoms with Crippen molar-refractivity contribution in [3.63, 3.8) is 0 Å². The second kappa shape index (κ2) is 9.80. The number of carbonyl (C=O) groups is 1. The topological polar surface area (TPSA) is 95.2 Å². The number of carbonyl (C=O) groups excluding carboxylic acids is 1. The maximum absolute atomic E-state index is 10.9. The van der Waals surface area contributed by atoms with Crippen LogP contribution in [0.4, 0.5) is 0 Å². The average molecular weight is 448 g/mol. The Hall–Kier alpha value is -2.42. The highest BCUT2D eigenvalue weighted by Gasteiger charge is 2.46. The standard InChI is InChI=1S/C22H26ClN3O5/c1-2-28-13-22(19-11-24-14-29-19,15-6-4-3-5-7-15)30-16-8-9-17(18(23)10-16)21-25-20(12-27)31-26-21/h8-12,14-15,20H,2-7,13H2,1H3,(H,25,26). The summed E-state index contributed by atoms with van der Waals surface area (Å²) in [6, 6.07) is 5.33. The van der Waals surface area contributed by atoms with Crippen molar-refractivity contribution in [3.05, 3.63) is 47.1 Å². The zero-order chi connectivity index (χ0) is 21.7. The molecule has 0 saturated heterocycles. The summed E-state index contributed by atoms with van der Waals surface area (Å²) >= 11 is 6.53. The van der Waals surface area contributed by atoms with E-state index < -0.39 is 11.8 Å². The lowest BCUT2D eigenvalue weighted by atomic mass is 9.75. The van der Waals surface area contributed by atoms with Crippen molar-refractivity contribution in [1.82, 2.24) is 10.5 Å². The third-order valence-electron chi connectivity index (χ3n) is 5.78. The van der Waals surface area contributed by atoms with Gasteiger partial charge in [-0.05, 0) is 38.0 Å². The predicted octanol–water partition coefficient (Wildman–Crippen LogP) is 4.03. The molecule has 2 unspecified atom stereocenters. The third-order valence-corrected chi connectivity index (χ3v) is 6.09. The fraction of sp³-hybridized carbons (Fsp3) is 0.500. The zero-order valence-corrected chi connectivity index (χ0v) is 18.1. The van der Waals surface area contributed by atoms with E-state index >= 15 is 0 Å². The maximum Gasteiger partial charge on any atom is 0.232 e. The quantitative estimate of drug-likeness (QED) is 0.580. The van der Waals surface area contributed by atoms with Crippen molar-refractivity contribution in [3.8, 4) is 5.75 Å². The molecule has 1 aromatic carbocycles. The number of nitrogens with zero attached hydrogens (tertiary/aromatic N) is 2. The largest absolute Gasteiger partial charge is 0.476 e. The van der Waals surface area contributed by atoms with Gasteiger partial charge in [-0.25, -0.2) is 20.3 Å². The molecule has 166 valence electrons. The molecule has 1 aromatic heterocycles. The van der Waals surface area contributed by atoms with Gasteiger partial charge in [0.15, 0.2) is 29.9 Å². The molecule has 1 saturated carbocycles. The Bertz CT molecular complexity index is 914. The summed E-state index contributed by atoms with van der Waals surface area (Å²) in [6.07, 6.45) is 8.39. The van der Waals surface area contributed by atoms with Gasteiger partial charge in [-0.1, -0.05) is 30.9 Å². The van der Waals surface area contributed by atoms with Crippen LogP contribution in [-0.4, -0.2) is 36.5 Å². The van der Waals surface area contributed by atoms with Crippen LogP contribution >= 0.6 is 11.6 Å². The Morgan fingerprint density at radius 2 is 2.16 bits per heavy atom. The normalized spacial score (nSPS) is 21.2. The maximum atomic E-state index is 10.9. The molecular formula is C22H26ClN3O5. The molecule has 1 fully saturated rings. The summed E-state index contributed by atoms with van der Waals surface area (Å²) in [5, 5.41) is 0.422. The average Bonchev–Trinajstić information content (AvgIpc) is 3.50. The van der Waals surface area contributed by atoms with Crippen LogP contribution in [0.25, 0.3) is 0 Å². The molecule has 2 aliphatic rings. The van der Waals surface area contributed by atoms with E-state index in [2.05, 4.69) is 15.5 Å². The third kappa shape index (κ3) is 4.61. The molecular weight excluding hydrogens is 422 g/mol. The van der Waals surface area contributed by atoms with Gasteiger partial charge in [0, 0.05) is 18.1 Å². The van der Waals surface area contributed by atoms with Crippen molar-refractivity contribution in [2.24, 2.45) is 10.9 Å². The number of amidine groups is 1. The number of halogens is 1. The Balaban J connectivity index is 1.66. The minimum Gasteiger partial charge on any atom is -0.476 e.